The predicted molar refractivity (Wildman–Crippen MR) is 55.4 cm³/mol. The van der Waals surface area contributed by atoms with E-state index >= 15 is 0 Å². The monoisotopic (exact) mass is 200 g/mol. The van der Waals surface area contributed by atoms with Crippen LogP contribution >= 0.6 is 0 Å². The van der Waals surface area contributed by atoms with Crippen molar-refractivity contribution in [3.8, 4) is 0 Å². The van der Waals surface area contributed by atoms with Gasteiger partial charge < -0.3 is 10.4 Å². The molecule has 0 aromatic heterocycles. The van der Waals surface area contributed by atoms with Crippen molar-refractivity contribution in [3.05, 3.63) is 0 Å². The molecule has 1 fully saturated rings. The number of hydrogen-bond acceptors (Lipinski definition) is 3. The Labute approximate surface area is 85.3 Å². The van der Waals surface area contributed by atoms with Crippen molar-refractivity contribution >= 4 is 5.97 Å². The third kappa shape index (κ3) is 2.96. The molecule has 14 heavy (non-hydrogen) atoms. The van der Waals surface area contributed by atoms with E-state index in [-0.39, 0.29) is 6.04 Å². The third-order valence-corrected chi connectivity index (χ3v) is 2.69. The minimum Gasteiger partial charge on any atom is -0.480 e. The van der Waals surface area contributed by atoms with Crippen molar-refractivity contribution < 1.29 is 9.90 Å². The Kier molecular flexibility index (Phi) is 4.35. The van der Waals surface area contributed by atoms with Crippen LogP contribution in [0.2, 0.25) is 0 Å². The standard InChI is InChI=1S/C10H20N2O2/c1-3-4-9(10(13)14)12-6-5-11-8(2)7-12/h8-9,11H,3-7H2,1-2H3,(H,13,14)/t8-,9?/m1/s1. The van der Waals surface area contributed by atoms with Gasteiger partial charge in [0, 0.05) is 25.7 Å². The molecule has 1 aliphatic rings. The van der Waals surface area contributed by atoms with Gasteiger partial charge in [-0.05, 0) is 13.3 Å². The van der Waals surface area contributed by atoms with Gasteiger partial charge in [-0.1, -0.05) is 13.3 Å². The summed E-state index contributed by atoms with van der Waals surface area (Å²) in [4.78, 5) is 13.1. The molecule has 0 spiro atoms. The van der Waals surface area contributed by atoms with Crippen LogP contribution in [0.25, 0.3) is 0 Å². The van der Waals surface area contributed by atoms with E-state index in [1.165, 1.54) is 0 Å². The van der Waals surface area contributed by atoms with Crippen molar-refractivity contribution in [2.45, 2.75) is 38.8 Å². The van der Waals surface area contributed by atoms with Gasteiger partial charge in [-0.3, -0.25) is 9.69 Å². The summed E-state index contributed by atoms with van der Waals surface area (Å²) >= 11 is 0. The number of carbonyl (C=O) groups is 1. The van der Waals surface area contributed by atoms with E-state index in [1.807, 2.05) is 6.92 Å². The first-order valence-electron chi connectivity index (χ1n) is 5.35. The van der Waals surface area contributed by atoms with Gasteiger partial charge in [0.25, 0.3) is 0 Å². The van der Waals surface area contributed by atoms with Gasteiger partial charge in [0.15, 0.2) is 0 Å². The Morgan fingerprint density at radius 1 is 1.71 bits per heavy atom. The Bertz CT molecular complexity index is 197. The van der Waals surface area contributed by atoms with Crippen LogP contribution in [-0.4, -0.2) is 47.7 Å². The average molecular weight is 200 g/mol. The molecule has 1 heterocycles. The van der Waals surface area contributed by atoms with Gasteiger partial charge in [-0.25, -0.2) is 0 Å². The number of nitrogens with one attached hydrogen (secondary N) is 1. The Morgan fingerprint density at radius 3 is 2.93 bits per heavy atom. The topological polar surface area (TPSA) is 52.6 Å². The number of aliphatic carboxylic acids is 1. The minimum absolute atomic E-state index is 0.287. The summed E-state index contributed by atoms with van der Waals surface area (Å²) in [5.74, 6) is -0.680. The van der Waals surface area contributed by atoms with E-state index in [4.69, 9.17) is 5.11 Å². The molecule has 2 N–H and O–H groups in total. The van der Waals surface area contributed by atoms with Crippen LogP contribution < -0.4 is 5.32 Å². The van der Waals surface area contributed by atoms with E-state index in [0.29, 0.717) is 6.04 Å². The van der Waals surface area contributed by atoms with Crippen LogP contribution in [0.5, 0.6) is 0 Å². The second-order valence-corrected chi connectivity index (χ2v) is 3.99. The van der Waals surface area contributed by atoms with Gasteiger partial charge >= 0.3 is 5.97 Å². The number of carboxylic acids is 1. The largest absolute Gasteiger partial charge is 0.480 e. The molecule has 0 aromatic rings. The fraction of sp³-hybridized carbons (Fsp3) is 0.900. The molecule has 0 aromatic carbocycles. The molecule has 4 nitrogen and oxygen atoms in total. The van der Waals surface area contributed by atoms with Crippen molar-refractivity contribution in [3.63, 3.8) is 0 Å². The van der Waals surface area contributed by atoms with Gasteiger partial charge in [-0.15, -0.1) is 0 Å². The maximum Gasteiger partial charge on any atom is 0.320 e. The smallest absolute Gasteiger partial charge is 0.320 e. The predicted octanol–water partition coefficient (Wildman–Crippen LogP) is 0.533. The molecule has 0 saturated carbocycles. The van der Waals surface area contributed by atoms with Crippen LogP contribution in [0.4, 0.5) is 0 Å². The van der Waals surface area contributed by atoms with Crippen LogP contribution in [0.15, 0.2) is 0 Å². The average Bonchev–Trinajstić information content (AvgIpc) is 2.13. The number of rotatable bonds is 4. The lowest BCUT2D eigenvalue weighted by molar-refractivity contribution is -0.144. The van der Waals surface area contributed by atoms with E-state index in [9.17, 15) is 4.79 Å². The van der Waals surface area contributed by atoms with E-state index in [0.717, 1.165) is 32.5 Å². The Balaban J connectivity index is 2.53. The molecule has 0 radical (unpaired) electrons. The van der Waals surface area contributed by atoms with Crippen LogP contribution in [0.3, 0.4) is 0 Å². The molecule has 0 amide bonds. The van der Waals surface area contributed by atoms with Crippen molar-refractivity contribution in [2.24, 2.45) is 0 Å². The summed E-state index contributed by atoms with van der Waals surface area (Å²) < 4.78 is 0. The number of hydrogen-bond donors (Lipinski definition) is 2. The van der Waals surface area contributed by atoms with Crippen LogP contribution in [0.1, 0.15) is 26.7 Å². The first-order chi connectivity index (χ1) is 6.65. The highest BCUT2D eigenvalue weighted by Crippen LogP contribution is 2.10. The fourth-order valence-corrected chi connectivity index (χ4v) is 1.98. The summed E-state index contributed by atoms with van der Waals surface area (Å²) in [6.07, 6.45) is 1.68. The quantitative estimate of drug-likeness (QED) is 0.695. The van der Waals surface area contributed by atoms with Gasteiger partial charge in [0.2, 0.25) is 0 Å². The first kappa shape index (κ1) is 11.5. The third-order valence-electron chi connectivity index (χ3n) is 2.69. The lowest BCUT2D eigenvalue weighted by atomic mass is 10.1. The lowest BCUT2D eigenvalue weighted by Gasteiger charge is -2.35. The molecular weight excluding hydrogens is 180 g/mol. The Hall–Kier alpha value is -0.610. The second-order valence-electron chi connectivity index (χ2n) is 3.99. The van der Waals surface area contributed by atoms with Crippen LogP contribution in [-0.2, 0) is 4.79 Å². The molecule has 82 valence electrons. The number of carboxylic acid groups (broad SMARTS) is 1. The zero-order chi connectivity index (χ0) is 10.6. The first-order valence-corrected chi connectivity index (χ1v) is 5.35. The number of piperazine rings is 1. The number of nitrogens with zero attached hydrogens (tertiary/aromatic N) is 1. The summed E-state index contributed by atoms with van der Waals surface area (Å²) in [6.45, 7) is 6.71. The molecule has 0 bridgehead atoms. The van der Waals surface area contributed by atoms with Crippen molar-refractivity contribution in [1.29, 1.82) is 0 Å². The molecular formula is C10H20N2O2. The van der Waals surface area contributed by atoms with E-state index in [2.05, 4.69) is 17.1 Å². The summed E-state index contributed by atoms with van der Waals surface area (Å²) in [5, 5.41) is 12.4. The highest BCUT2D eigenvalue weighted by atomic mass is 16.4. The van der Waals surface area contributed by atoms with Gasteiger partial charge in [0.1, 0.15) is 6.04 Å². The fourth-order valence-electron chi connectivity index (χ4n) is 1.98. The zero-order valence-corrected chi connectivity index (χ0v) is 8.99. The maximum absolute atomic E-state index is 11.0. The molecule has 0 aliphatic carbocycles. The van der Waals surface area contributed by atoms with Gasteiger partial charge in [-0.2, -0.15) is 0 Å². The zero-order valence-electron chi connectivity index (χ0n) is 8.99. The molecule has 1 aliphatic heterocycles. The summed E-state index contributed by atoms with van der Waals surface area (Å²) in [6, 6.07) is 0.118. The van der Waals surface area contributed by atoms with Crippen LogP contribution in [0, 0.1) is 0 Å². The molecule has 1 saturated heterocycles. The van der Waals surface area contributed by atoms with Gasteiger partial charge in [0.05, 0.1) is 0 Å². The maximum atomic E-state index is 11.0. The molecule has 2 atom stereocenters. The highest BCUT2D eigenvalue weighted by molar-refractivity contribution is 5.73. The van der Waals surface area contributed by atoms with E-state index in [1.54, 1.807) is 0 Å². The summed E-state index contributed by atoms with van der Waals surface area (Å²) in [5.41, 5.74) is 0. The molecule has 1 rings (SSSR count). The normalized spacial score (nSPS) is 26.0. The minimum atomic E-state index is -0.680. The van der Waals surface area contributed by atoms with Crippen molar-refractivity contribution in [1.82, 2.24) is 10.2 Å². The molecule has 1 unspecified atom stereocenters. The van der Waals surface area contributed by atoms with E-state index < -0.39 is 5.97 Å². The Morgan fingerprint density at radius 2 is 2.43 bits per heavy atom. The SMILES string of the molecule is CCCC(C(=O)O)N1CCN[C@H](C)C1. The summed E-state index contributed by atoms with van der Waals surface area (Å²) in [7, 11) is 0. The molecule has 4 heteroatoms. The lowest BCUT2D eigenvalue weighted by Crippen LogP contribution is -2.54. The second kappa shape index (κ2) is 5.32. The highest BCUT2D eigenvalue weighted by Gasteiger charge is 2.27. The van der Waals surface area contributed by atoms with Crippen molar-refractivity contribution in [2.75, 3.05) is 19.6 Å².